The molecule has 0 aliphatic carbocycles. The molecule has 0 fully saturated rings. The summed E-state index contributed by atoms with van der Waals surface area (Å²) in [5.41, 5.74) is 3.26. The van der Waals surface area contributed by atoms with Crippen LogP contribution in [0, 0.1) is 0 Å². The quantitative estimate of drug-likeness (QED) is 0.295. The zero-order chi connectivity index (χ0) is 28.4. The van der Waals surface area contributed by atoms with E-state index in [9.17, 15) is 14.4 Å². The summed E-state index contributed by atoms with van der Waals surface area (Å²) < 4.78 is 5.32. The first kappa shape index (κ1) is 29.9. The molecule has 0 bridgehead atoms. The first-order chi connectivity index (χ1) is 18.5. The van der Waals surface area contributed by atoms with E-state index in [1.165, 1.54) is 11.3 Å². The molecule has 3 amide bonds. The van der Waals surface area contributed by atoms with Crippen LogP contribution in [-0.4, -0.2) is 60.5 Å². The number of nitrogens with one attached hydrogen (secondary N) is 2. The number of benzene rings is 2. The summed E-state index contributed by atoms with van der Waals surface area (Å²) in [6.45, 7) is 7.58. The summed E-state index contributed by atoms with van der Waals surface area (Å²) in [6, 6.07) is 17.0. The number of likely N-dealkylation sites (N-methyl/N-ethyl adjacent to an activating group) is 1. The molecule has 9 heteroatoms. The number of thiophene rings is 1. The Balaban J connectivity index is 1.61. The smallest absolute Gasteiger partial charge is 0.412 e. The van der Waals surface area contributed by atoms with Gasteiger partial charge < -0.3 is 19.9 Å². The highest BCUT2D eigenvalue weighted by Crippen LogP contribution is 2.24. The van der Waals surface area contributed by atoms with Crippen LogP contribution in [-0.2, 0) is 24.2 Å². The van der Waals surface area contributed by atoms with Gasteiger partial charge in [0.15, 0.2) is 5.78 Å². The van der Waals surface area contributed by atoms with Crippen molar-refractivity contribution in [2.45, 2.75) is 45.9 Å². The fraction of sp³-hybridized carbons (Fsp3) is 0.367. The molecule has 0 radical (unpaired) electrons. The maximum absolute atomic E-state index is 13.0. The highest BCUT2D eigenvalue weighted by Gasteiger charge is 2.19. The third-order valence-corrected chi connectivity index (χ3v) is 6.56. The lowest BCUT2D eigenvalue weighted by Crippen LogP contribution is -2.42. The van der Waals surface area contributed by atoms with Crippen LogP contribution in [0.15, 0.2) is 65.4 Å². The maximum Gasteiger partial charge on any atom is 0.412 e. The van der Waals surface area contributed by atoms with Crippen LogP contribution in [0.5, 0.6) is 0 Å². The Morgan fingerprint density at radius 2 is 1.59 bits per heavy atom. The summed E-state index contributed by atoms with van der Waals surface area (Å²) >= 11 is 1.41. The van der Waals surface area contributed by atoms with Crippen molar-refractivity contribution in [2.75, 3.05) is 32.5 Å². The van der Waals surface area contributed by atoms with E-state index in [0.717, 1.165) is 23.2 Å². The van der Waals surface area contributed by atoms with Gasteiger partial charge in [-0.3, -0.25) is 10.1 Å². The average Bonchev–Trinajstić information content (AvgIpc) is 3.30. The summed E-state index contributed by atoms with van der Waals surface area (Å²) in [7, 11) is 3.95. The monoisotopic (exact) mass is 550 g/mol. The number of carbonyl (C=O) groups is 3. The van der Waals surface area contributed by atoms with E-state index in [2.05, 4.69) is 10.6 Å². The van der Waals surface area contributed by atoms with Crippen LogP contribution >= 0.6 is 11.3 Å². The molecule has 0 aliphatic heterocycles. The van der Waals surface area contributed by atoms with Crippen molar-refractivity contribution in [3.8, 4) is 0 Å². The average molecular weight is 551 g/mol. The third-order valence-electron chi connectivity index (χ3n) is 5.77. The predicted molar refractivity (Wildman–Crippen MR) is 156 cm³/mol. The minimum atomic E-state index is -0.609. The molecule has 0 aliphatic rings. The second-order valence-corrected chi connectivity index (χ2v) is 11.3. The van der Waals surface area contributed by atoms with Gasteiger partial charge in [-0.2, -0.15) is 0 Å². The van der Waals surface area contributed by atoms with Gasteiger partial charge in [0, 0.05) is 43.5 Å². The number of nitrogens with zero attached hydrogens (tertiary/aromatic N) is 2. The van der Waals surface area contributed by atoms with Crippen LogP contribution < -0.4 is 10.6 Å². The second-order valence-electron chi connectivity index (χ2n) is 10.6. The number of hydrogen-bond acceptors (Lipinski definition) is 6. The van der Waals surface area contributed by atoms with Crippen molar-refractivity contribution in [1.29, 1.82) is 0 Å². The Kier molecular flexibility index (Phi) is 10.7. The Bertz CT molecular complexity index is 1230. The Morgan fingerprint density at radius 1 is 0.897 bits per heavy atom. The van der Waals surface area contributed by atoms with E-state index in [4.69, 9.17) is 4.74 Å². The molecule has 0 saturated carbocycles. The maximum atomic E-state index is 13.0. The fourth-order valence-corrected chi connectivity index (χ4v) is 4.52. The normalized spacial score (nSPS) is 11.2. The number of anilines is 1. The molecule has 39 heavy (non-hydrogen) atoms. The molecule has 2 aromatic carbocycles. The van der Waals surface area contributed by atoms with E-state index in [0.29, 0.717) is 30.9 Å². The standard InChI is InChI=1S/C30H38N4O4S/c1-30(2,3)38-29(37)32-26-21-39-20-25(26)17-27(35)24-13-11-23(12-14-24)19-34(16-15-33(4)5)28(36)31-18-22-9-7-6-8-10-22/h6-14,20-21H,15-19H2,1-5H3,(H,31,36)(H,32,37). The number of rotatable bonds is 11. The molecule has 8 nitrogen and oxygen atoms in total. The van der Waals surface area contributed by atoms with Crippen LogP contribution in [0.25, 0.3) is 0 Å². The van der Waals surface area contributed by atoms with Gasteiger partial charge >= 0.3 is 12.1 Å². The number of Topliss-reactive ketones (excluding diaryl/α,β-unsaturated/α-hetero) is 1. The van der Waals surface area contributed by atoms with Crippen molar-refractivity contribution in [2.24, 2.45) is 0 Å². The fourth-order valence-electron chi connectivity index (χ4n) is 3.73. The van der Waals surface area contributed by atoms with Crippen LogP contribution in [0.3, 0.4) is 0 Å². The van der Waals surface area contributed by atoms with Gasteiger partial charge in [0.25, 0.3) is 0 Å². The molecule has 0 spiro atoms. The van der Waals surface area contributed by atoms with Crippen molar-refractivity contribution in [3.63, 3.8) is 0 Å². The number of ketones is 1. The number of urea groups is 1. The van der Waals surface area contributed by atoms with Crippen molar-refractivity contribution >= 4 is 34.9 Å². The van der Waals surface area contributed by atoms with Gasteiger partial charge in [-0.25, -0.2) is 9.59 Å². The minimum Gasteiger partial charge on any atom is -0.444 e. The largest absolute Gasteiger partial charge is 0.444 e. The Hall–Kier alpha value is -3.69. The summed E-state index contributed by atoms with van der Waals surface area (Å²) in [6.07, 6.45) is -0.393. The lowest BCUT2D eigenvalue weighted by Gasteiger charge is -2.25. The number of ether oxygens (including phenoxy) is 1. The third kappa shape index (κ3) is 10.2. The minimum absolute atomic E-state index is 0.0581. The van der Waals surface area contributed by atoms with Crippen LogP contribution in [0.2, 0.25) is 0 Å². The van der Waals surface area contributed by atoms with E-state index < -0.39 is 11.7 Å². The van der Waals surface area contributed by atoms with Crippen molar-refractivity contribution in [3.05, 3.63) is 87.6 Å². The van der Waals surface area contributed by atoms with Crippen LogP contribution in [0.1, 0.15) is 47.8 Å². The van der Waals surface area contributed by atoms with Gasteiger partial charge in [-0.1, -0.05) is 54.6 Å². The molecule has 0 atom stereocenters. The lowest BCUT2D eigenvalue weighted by molar-refractivity contribution is 0.0635. The highest BCUT2D eigenvalue weighted by molar-refractivity contribution is 7.08. The molecule has 3 aromatic rings. The molecular formula is C30H38N4O4S. The summed E-state index contributed by atoms with van der Waals surface area (Å²) in [4.78, 5) is 41.9. The SMILES string of the molecule is CN(C)CCN(Cc1ccc(C(=O)Cc2cscc2NC(=O)OC(C)(C)C)cc1)C(=O)NCc1ccccc1. The number of amides is 3. The van der Waals surface area contributed by atoms with Crippen molar-refractivity contribution in [1.82, 2.24) is 15.1 Å². The van der Waals surface area contributed by atoms with Crippen LogP contribution in [0.4, 0.5) is 15.3 Å². The molecular weight excluding hydrogens is 512 g/mol. The molecule has 0 saturated heterocycles. The van der Waals surface area contributed by atoms with E-state index in [1.54, 1.807) is 43.2 Å². The summed E-state index contributed by atoms with van der Waals surface area (Å²) in [5, 5.41) is 9.39. The second kappa shape index (κ2) is 13.9. The highest BCUT2D eigenvalue weighted by atomic mass is 32.1. The number of hydrogen-bond donors (Lipinski definition) is 2. The van der Waals surface area contributed by atoms with E-state index in [-0.39, 0.29) is 18.2 Å². The van der Waals surface area contributed by atoms with E-state index in [1.807, 2.05) is 66.8 Å². The van der Waals surface area contributed by atoms with Gasteiger partial charge in [-0.15, -0.1) is 11.3 Å². The van der Waals surface area contributed by atoms with Gasteiger partial charge in [0.2, 0.25) is 0 Å². The molecule has 3 rings (SSSR count). The zero-order valence-corrected chi connectivity index (χ0v) is 24.1. The van der Waals surface area contributed by atoms with Gasteiger partial charge in [0.1, 0.15) is 5.60 Å². The molecule has 1 aromatic heterocycles. The molecule has 208 valence electrons. The molecule has 2 N–H and O–H groups in total. The number of carbonyl (C=O) groups excluding carboxylic acids is 3. The van der Waals surface area contributed by atoms with Crippen molar-refractivity contribution < 1.29 is 19.1 Å². The topological polar surface area (TPSA) is 91.0 Å². The predicted octanol–water partition coefficient (Wildman–Crippen LogP) is 5.79. The first-order valence-corrected chi connectivity index (χ1v) is 13.8. The van der Waals surface area contributed by atoms with Gasteiger partial charge in [0.05, 0.1) is 5.69 Å². The summed E-state index contributed by atoms with van der Waals surface area (Å²) in [5.74, 6) is -0.0581. The Labute approximate surface area is 235 Å². The zero-order valence-electron chi connectivity index (χ0n) is 23.3. The lowest BCUT2D eigenvalue weighted by atomic mass is 10.0. The first-order valence-electron chi connectivity index (χ1n) is 12.9. The van der Waals surface area contributed by atoms with E-state index >= 15 is 0 Å². The molecule has 1 heterocycles. The molecule has 0 unspecified atom stereocenters. The van der Waals surface area contributed by atoms with Gasteiger partial charge in [-0.05, 0) is 56.9 Å². The Morgan fingerprint density at radius 3 is 2.23 bits per heavy atom.